The Balaban J connectivity index is 1.77. The maximum Gasteiger partial charge on any atom is 0.224 e. The Morgan fingerprint density at radius 2 is 1.90 bits per heavy atom. The van der Waals surface area contributed by atoms with E-state index in [0.717, 1.165) is 37.2 Å². The smallest absolute Gasteiger partial charge is 0.224 e. The van der Waals surface area contributed by atoms with Gasteiger partial charge in [-0.15, -0.1) is 0 Å². The van der Waals surface area contributed by atoms with Crippen molar-refractivity contribution >= 4 is 17.5 Å². The number of nitrogens with one attached hydrogen (secondary N) is 2. The second-order valence-electron chi connectivity index (χ2n) is 4.85. The molecule has 1 aliphatic heterocycles. The second kappa shape index (κ2) is 6.20. The first kappa shape index (κ1) is 13.3. The van der Waals surface area contributed by atoms with Gasteiger partial charge in [0.25, 0.3) is 0 Å². The molecule has 4 nitrogen and oxygen atoms in total. The van der Waals surface area contributed by atoms with E-state index in [9.17, 15) is 0 Å². The van der Waals surface area contributed by atoms with E-state index >= 15 is 0 Å². The predicted molar refractivity (Wildman–Crippen MR) is 81.1 cm³/mol. The zero-order chi connectivity index (χ0) is 13.8. The molecule has 0 unspecified atom stereocenters. The molecular weight excluding hydrogens is 272 g/mol. The van der Waals surface area contributed by atoms with E-state index in [0.29, 0.717) is 17.6 Å². The van der Waals surface area contributed by atoms with Crippen LogP contribution in [0.25, 0.3) is 0 Å². The van der Waals surface area contributed by atoms with Crippen LogP contribution >= 0.6 is 11.6 Å². The fourth-order valence-corrected chi connectivity index (χ4v) is 2.64. The third kappa shape index (κ3) is 3.08. The SMILES string of the molecule is Clc1nc(NCc2ccccc2)nc2c1CCNCC2. The number of anilines is 1. The molecule has 0 aliphatic carbocycles. The first-order valence-electron chi connectivity index (χ1n) is 6.87. The van der Waals surface area contributed by atoms with Gasteiger partial charge in [0.05, 0.1) is 5.69 Å². The van der Waals surface area contributed by atoms with Crippen LogP contribution in [-0.4, -0.2) is 23.1 Å². The van der Waals surface area contributed by atoms with Crippen molar-refractivity contribution < 1.29 is 0 Å². The van der Waals surface area contributed by atoms with Crippen LogP contribution in [0.15, 0.2) is 30.3 Å². The Kier molecular flexibility index (Phi) is 4.14. The average Bonchev–Trinajstić information content (AvgIpc) is 2.72. The van der Waals surface area contributed by atoms with Crippen LogP contribution in [0.5, 0.6) is 0 Å². The standard InChI is InChI=1S/C15H17ClN4/c16-14-12-6-8-17-9-7-13(12)19-15(20-14)18-10-11-4-2-1-3-5-11/h1-5,17H,6-10H2,(H,18,19,20). The molecule has 0 atom stereocenters. The van der Waals surface area contributed by atoms with Gasteiger partial charge in [0.15, 0.2) is 0 Å². The van der Waals surface area contributed by atoms with Gasteiger partial charge in [-0.3, -0.25) is 0 Å². The molecule has 2 N–H and O–H groups in total. The Morgan fingerprint density at radius 3 is 2.75 bits per heavy atom. The molecular formula is C15H17ClN4. The summed E-state index contributed by atoms with van der Waals surface area (Å²) in [5.74, 6) is 0.611. The zero-order valence-corrected chi connectivity index (χ0v) is 12.0. The Labute approximate surface area is 123 Å². The minimum atomic E-state index is 0.578. The molecule has 0 bridgehead atoms. The summed E-state index contributed by atoms with van der Waals surface area (Å²) in [4.78, 5) is 8.96. The van der Waals surface area contributed by atoms with E-state index in [4.69, 9.17) is 11.6 Å². The normalized spacial score (nSPS) is 14.4. The third-order valence-electron chi connectivity index (χ3n) is 3.43. The molecule has 0 fully saturated rings. The van der Waals surface area contributed by atoms with E-state index < -0.39 is 0 Å². The maximum absolute atomic E-state index is 6.28. The van der Waals surface area contributed by atoms with Crippen LogP contribution in [0.2, 0.25) is 5.15 Å². The quantitative estimate of drug-likeness (QED) is 0.852. The highest BCUT2D eigenvalue weighted by Gasteiger charge is 2.15. The van der Waals surface area contributed by atoms with Crippen molar-refractivity contribution in [2.24, 2.45) is 0 Å². The van der Waals surface area contributed by atoms with E-state index in [1.807, 2.05) is 18.2 Å². The van der Waals surface area contributed by atoms with E-state index in [2.05, 4.69) is 32.7 Å². The molecule has 0 radical (unpaired) electrons. The van der Waals surface area contributed by atoms with Gasteiger partial charge in [0.1, 0.15) is 5.15 Å². The molecule has 1 aromatic carbocycles. The van der Waals surface area contributed by atoms with Gasteiger partial charge in [0, 0.05) is 25.1 Å². The summed E-state index contributed by atoms with van der Waals surface area (Å²) >= 11 is 6.28. The number of hydrogen-bond donors (Lipinski definition) is 2. The summed E-state index contributed by atoms with van der Waals surface area (Å²) in [7, 11) is 0. The highest BCUT2D eigenvalue weighted by atomic mass is 35.5. The van der Waals surface area contributed by atoms with Crippen LogP contribution in [-0.2, 0) is 19.4 Å². The molecule has 1 aromatic heterocycles. The maximum atomic E-state index is 6.28. The molecule has 0 amide bonds. The molecule has 2 aromatic rings. The number of aromatic nitrogens is 2. The molecule has 0 saturated carbocycles. The van der Waals surface area contributed by atoms with Gasteiger partial charge in [-0.25, -0.2) is 9.97 Å². The lowest BCUT2D eigenvalue weighted by atomic mass is 10.1. The van der Waals surface area contributed by atoms with E-state index in [1.54, 1.807) is 0 Å². The zero-order valence-electron chi connectivity index (χ0n) is 11.2. The monoisotopic (exact) mass is 288 g/mol. The fraction of sp³-hybridized carbons (Fsp3) is 0.333. The van der Waals surface area contributed by atoms with Crippen LogP contribution < -0.4 is 10.6 Å². The summed E-state index contributed by atoms with van der Waals surface area (Å²) in [6, 6.07) is 10.2. The van der Waals surface area contributed by atoms with Gasteiger partial charge < -0.3 is 10.6 Å². The molecule has 104 valence electrons. The van der Waals surface area contributed by atoms with Crippen LogP contribution in [0.4, 0.5) is 5.95 Å². The van der Waals surface area contributed by atoms with Gasteiger partial charge in [-0.1, -0.05) is 41.9 Å². The Hall–Kier alpha value is -1.65. The average molecular weight is 289 g/mol. The van der Waals surface area contributed by atoms with Crippen molar-refractivity contribution in [1.82, 2.24) is 15.3 Å². The first-order chi connectivity index (χ1) is 9.83. The number of rotatable bonds is 3. The summed E-state index contributed by atoms with van der Waals surface area (Å²) in [6.45, 7) is 2.58. The third-order valence-corrected chi connectivity index (χ3v) is 3.74. The highest BCUT2D eigenvalue weighted by Crippen LogP contribution is 2.21. The lowest BCUT2D eigenvalue weighted by Gasteiger charge is -2.10. The lowest BCUT2D eigenvalue weighted by Crippen LogP contribution is -2.16. The van der Waals surface area contributed by atoms with Crippen molar-refractivity contribution in [3.8, 4) is 0 Å². The van der Waals surface area contributed by atoms with Crippen LogP contribution in [0.3, 0.4) is 0 Å². The van der Waals surface area contributed by atoms with Crippen molar-refractivity contribution in [2.75, 3.05) is 18.4 Å². The Morgan fingerprint density at radius 1 is 1.10 bits per heavy atom. The van der Waals surface area contributed by atoms with Crippen molar-refractivity contribution in [1.29, 1.82) is 0 Å². The summed E-state index contributed by atoms with van der Waals surface area (Å²) in [5.41, 5.74) is 3.34. The fourth-order valence-electron chi connectivity index (χ4n) is 2.36. The number of hydrogen-bond acceptors (Lipinski definition) is 4. The molecule has 1 aliphatic rings. The highest BCUT2D eigenvalue weighted by molar-refractivity contribution is 6.30. The van der Waals surface area contributed by atoms with E-state index in [1.165, 1.54) is 5.56 Å². The van der Waals surface area contributed by atoms with Crippen molar-refractivity contribution in [3.05, 3.63) is 52.3 Å². The van der Waals surface area contributed by atoms with Crippen molar-refractivity contribution in [2.45, 2.75) is 19.4 Å². The number of halogens is 1. The molecule has 0 saturated heterocycles. The van der Waals surface area contributed by atoms with Crippen LogP contribution in [0.1, 0.15) is 16.8 Å². The van der Waals surface area contributed by atoms with Crippen LogP contribution in [0, 0.1) is 0 Å². The lowest BCUT2D eigenvalue weighted by molar-refractivity contribution is 0.708. The molecule has 5 heteroatoms. The number of benzene rings is 1. The minimum Gasteiger partial charge on any atom is -0.350 e. The topological polar surface area (TPSA) is 49.8 Å². The molecule has 2 heterocycles. The molecule has 3 rings (SSSR count). The Bertz CT molecular complexity index is 586. The van der Waals surface area contributed by atoms with Gasteiger partial charge >= 0.3 is 0 Å². The largest absolute Gasteiger partial charge is 0.350 e. The van der Waals surface area contributed by atoms with Crippen molar-refractivity contribution in [3.63, 3.8) is 0 Å². The number of nitrogens with zero attached hydrogens (tertiary/aromatic N) is 2. The minimum absolute atomic E-state index is 0.578. The first-order valence-corrected chi connectivity index (χ1v) is 7.24. The number of fused-ring (bicyclic) bond motifs is 1. The summed E-state index contributed by atoms with van der Waals surface area (Å²) in [6.07, 6.45) is 1.80. The van der Waals surface area contributed by atoms with E-state index in [-0.39, 0.29) is 0 Å². The molecule has 20 heavy (non-hydrogen) atoms. The second-order valence-corrected chi connectivity index (χ2v) is 5.21. The summed E-state index contributed by atoms with van der Waals surface area (Å²) < 4.78 is 0. The van der Waals surface area contributed by atoms with Gasteiger partial charge in [-0.2, -0.15) is 0 Å². The van der Waals surface area contributed by atoms with Gasteiger partial charge in [-0.05, 0) is 18.5 Å². The predicted octanol–water partition coefficient (Wildman–Crippen LogP) is 2.43. The summed E-state index contributed by atoms with van der Waals surface area (Å²) in [5, 5.41) is 7.18. The molecule has 0 spiro atoms. The van der Waals surface area contributed by atoms with Gasteiger partial charge in [0.2, 0.25) is 5.95 Å².